The summed E-state index contributed by atoms with van der Waals surface area (Å²) in [6, 6.07) is 0.932. The van der Waals surface area contributed by atoms with Crippen molar-refractivity contribution in [2.75, 3.05) is 39.8 Å². The van der Waals surface area contributed by atoms with Crippen molar-refractivity contribution in [2.45, 2.75) is 76.7 Å². The number of hydrogen-bond donors (Lipinski definition) is 1. The van der Waals surface area contributed by atoms with E-state index in [9.17, 15) is 0 Å². The van der Waals surface area contributed by atoms with Crippen molar-refractivity contribution in [3.8, 4) is 0 Å². The van der Waals surface area contributed by atoms with E-state index in [4.69, 9.17) is 0 Å². The minimum atomic E-state index is 0.586. The first-order chi connectivity index (χ1) is 12.3. The fourth-order valence-corrected chi connectivity index (χ4v) is 5.64. The highest BCUT2D eigenvalue weighted by atomic mass is 15.3. The van der Waals surface area contributed by atoms with Crippen LogP contribution in [0.1, 0.15) is 70.6 Å². The van der Waals surface area contributed by atoms with Crippen LogP contribution in [-0.2, 0) is 0 Å². The van der Waals surface area contributed by atoms with E-state index in [1.165, 1.54) is 103 Å². The molecule has 4 rings (SSSR count). The molecule has 0 aromatic heterocycles. The number of rotatable bonds is 3. The van der Waals surface area contributed by atoms with E-state index in [2.05, 4.69) is 20.1 Å². The van der Waals surface area contributed by atoms with Crippen molar-refractivity contribution in [3.05, 3.63) is 0 Å². The molecule has 142 valence electrons. The third kappa shape index (κ3) is 4.32. The summed E-state index contributed by atoms with van der Waals surface area (Å²) >= 11 is 0. The lowest BCUT2D eigenvalue weighted by Gasteiger charge is -2.44. The van der Waals surface area contributed by atoms with Gasteiger partial charge in [0.15, 0.2) is 5.96 Å². The fraction of sp³-hybridized carbons (Fsp3) is 0.952. The lowest BCUT2D eigenvalue weighted by atomic mass is 9.74. The molecule has 0 radical (unpaired) electrons. The normalized spacial score (nSPS) is 31.3. The van der Waals surface area contributed by atoms with Crippen LogP contribution in [-0.4, -0.2) is 61.6 Å². The van der Waals surface area contributed by atoms with Crippen molar-refractivity contribution in [2.24, 2.45) is 16.3 Å². The van der Waals surface area contributed by atoms with E-state index < -0.39 is 0 Å². The third-order valence-electron chi connectivity index (χ3n) is 7.27. The lowest BCUT2D eigenvalue weighted by Crippen LogP contribution is -2.51. The lowest BCUT2D eigenvalue weighted by molar-refractivity contribution is 0.115. The van der Waals surface area contributed by atoms with E-state index in [1.807, 2.05) is 7.05 Å². The second-order valence-electron chi connectivity index (χ2n) is 9.25. The molecule has 0 bridgehead atoms. The minimum absolute atomic E-state index is 0.586. The molecule has 0 amide bonds. The standard InChI is InChI=1S/C21H38N4/c1-22-20(23-15-18-9-14-24(16-18)19-7-8-19)25-13-6-12-21(17-25)10-4-2-3-5-11-21/h18-19H,2-17H2,1H3,(H,22,23). The molecule has 2 saturated heterocycles. The maximum atomic E-state index is 4.66. The van der Waals surface area contributed by atoms with Crippen LogP contribution in [0.4, 0.5) is 0 Å². The Labute approximate surface area is 154 Å². The molecule has 4 heteroatoms. The molecule has 2 aliphatic carbocycles. The van der Waals surface area contributed by atoms with E-state index in [1.54, 1.807) is 0 Å². The molecule has 4 nitrogen and oxygen atoms in total. The summed E-state index contributed by atoms with van der Waals surface area (Å²) < 4.78 is 0. The summed E-state index contributed by atoms with van der Waals surface area (Å²) in [5.41, 5.74) is 0.586. The summed E-state index contributed by atoms with van der Waals surface area (Å²) in [4.78, 5) is 9.96. The molecule has 4 aliphatic rings. The predicted molar refractivity (Wildman–Crippen MR) is 105 cm³/mol. The van der Waals surface area contributed by atoms with Gasteiger partial charge in [-0.3, -0.25) is 4.99 Å². The molecule has 25 heavy (non-hydrogen) atoms. The van der Waals surface area contributed by atoms with Crippen molar-refractivity contribution in [3.63, 3.8) is 0 Å². The number of guanidine groups is 1. The molecule has 1 unspecified atom stereocenters. The summed E-state index contributed by atoms with van der Waals surface area (Å²) in [7, 11) is 1.97. The van der Waals surface area contributed by atoms with E-state index in [0.29, 0.717) is 5.41 Å². The van der Waals surface area contributed by atoms with E-state index in [0.717, 1.165) is 18.5 Å². The minimum Gasteiger partial charge on any atom is -0.356 e. The second-order valence-corrected chi connectivity index (χ2v) is 9.25. The maximum absolute atomic E-state index is 4.66. The zero-order valence-corrected chi connectivity index (χ0v) is 16.3. The molecule has 0 aromatic rings. The quantitative estimate of drug-likeness (QED) is 0.627. The molecule has 1 atom stereocenters. The van der Waals surface area contributed by atoms with Gasteiger partial charge < -0.3 is 15.1 Å². The van der Waals surface area contributed by atoms with Gasteiger partial charge in [-0.25, -0.2) is 0 Å². The van der Waals surface area contributed by atoms with Crippen LogP contribution in [0.3, 0.4) is 0 Å². The Hall–Kier alpha value is -0.770. The summed E-state index contributed by atoms with van der Waals surface area (Å²) in [5, 5.41) is 3.75. The number of hydrogen-bond acceptors (Lipinski definition) is 2. The summed E-state index contributed by atoms with van der Waals surface area (Å²) in [5.74, 6) is 1.99. The second kappa shape index (κ2) is 7.85. The first kappa shape index (κ1) is 17.6. The van der Waals surface area contributed by atoms with Crippen molar-refractivity contribution in [1.29, 1.82) is 0 Å². The smallest absolute Gasteiger partial charge is 0.193 e. The molecule has 4 fully saturated rings. The Morgan fingerprint density at radius 3 is 2.48 bits per heavy atom. The van der Waals surface area contributed by atoms with Crippen LogP contribution in [0.15, 0.2) is 4.99 Å². The Morgan fingerprint density at radius 1 is 1.00 bits per heavy atom. The Balaban J connectivity index is 1.29. The zero-order chi connectivity index (χ0) is 17.1. The maximum Gasteiger partial charge on any atom is 0.193 e. The van der Waals surface area contributed by atoms with Gasteiger partial charge in [0.25, 0.3) is 0 Å². The summed E-state index contributed by atoms with van der Waals surface area (Å²) in [6.45, 7) is 6.17. The topological polar surface area (TPSA) is 30.9 Å². The molecule has 2 heterocycles. The average Bonchev–Trinajstić information content (AvgIpc) is 3.41. The van der Waals surface area contributed by atoms with Gasteiger partial charge in [0.1, 0.15) is 0 Å². The van der Waals surface area contributed by atoms with Gasteiger partial charge in [0, 0.05) is 39.3 Å². The zero-order valence-electron chi connectivity index (χ0n) is 16.3. The number of piperidine rings is 1. The molecule has 2 aliphatic heterocycles. The predicted octanol–water partition coefficient (Wildman–Crippen LogP) is 3.48. The van der Waals surface area contributed by atoms with Crippen LogP contribution in [0.2, 0.25) is 0 Å². The molecule has 0 aromatic carbocycles. The van der Waals surface area contributed by atoms with Crippen LogP contribution >= 0.6 is 0 Å². The van der Waals surface area contributed by atoms with Crippen LogP contribution < -0.4 is 5.32 Å². The van der Waals surface area contributed by atoms with Crippen molar-refractivity contribution in [1.82, 2.24) is 15.1 Å². The van der Waals surface area contributed by atoms with E-state index in [-0.39, 0.29) is 0 Å². The van der Waals surface area contributed by atoms with Gasteiger partial charge in [-0.1, -0.05) is 25.7 Å². The summed E-state index contributed by atoms with van der Waals surface area (Å²) in [6.07, 6.45) is 15.7. The molecule has 1 N–H and O–H groups in total. The van der Waals surface area contributed by atoms with Gasteiger partial charge in [-0.05, 0) is 62.8 Å². The van der Waals surface area contributed by atoms with Crippen molar-refractivity contribution >= 4 is 5.96 Å². The van der Waals surface area contributed by atoms with E-state index >= 15 is 0 Å². The monoisotopic (exact) mass is 346 g/mol. The van der Waals surface area contributed by atoms with Crippen LogP contribution in [0.25, 0.3) is 0 Å². The van der Waals surface area contributed by atoms with Gasteiger partial charge in [0.05, 0.1) is 0 Å². The molecule has 1 spiro atoms. The average molecular weight is 347 g/mol. The Morgan fingerprint density at radius 2 is 1.76 bits per heavy atom. The van der Waals surface area contributed by atoms with Crippen LogP contribution in [0, 0.1) is 11.3 Å². The highest BCUT2D eigenvalue weighted by molar-refractivity contribution is 5.80. The van der Waals surface area contributed by atoms with Crippen molar-refractivity contribution < 1.29 is 0 Å². The fourth-order valence-electron chi connectivity index (χ4n) is 5.64. The number of nitrogens with one attached hydrogen (secondary N) is 1. The first-order valence-corrected chi connectivity index (χ1v) is 11.0. The first-order valence-electron chi connectivity index (χ1n) is 11.0. The Kier molecular flexibility index (Phi) is 5.54. The largest absolute Gasteiger partial charge is 0.356 e. The van der Waals surface area contributed by atoms with Crippen LogP contribution in [0.5, 0.6) is 0 Å². The van der Waals surface area contributed by atoms with Gasteiger partial charge in [-0.2, -0.15) is 0 Å². The van der Waals surface area contributed by atoms with Gasteiger partial charge in [0.2, 0.25) is 0 Å². The number of likely N-dealkylation sites (tertiary alicyclic amines) is 2. The molecular weight excluding hydrogens is 308 g/mol. The van der Waals surface area contributed by atoms with Gasteiger partial charge >= 0.3 is 0 Å². The molecule has 2 saturated carbocycles. The highest BCUT2D eigenvalue weighted by Gasteiger charge is 2.37. The number of nitrogens with zero attached hydrogens (tertiary/aromatic N) is 3. The Bertz CT molecular complexity index is 463. The third-order valence-corrected chi connectivity index (χ3v) is 7.27. The number of aliphatic imine (C=N–C) groups is 1. The highest BCUT2D eigenvalue weighted by Crippen LogP contribution is 2.42. The molecular formula is C21H38N4. The SMILES string of the molecule is CN=C(NCC1CCN(C2CC2)C1)N1CCCC2(CCCCCC2)C1. The van der Waals surface area contributed by atoms with Gasteiger partial charge in [-0.15, -0.1) is 0 Å².